The summed E-state index contributed by atoms with van der Waals surface area (Å²) >= 11 is 0. The lowest BCUT2D eigenvalue weighted by molar-refractivity contribution is -0.136. The first-order valence-corrected chi connectivity index (χ1v) is 10.1. The third-order valence-corrected chi connectivity index (χ3v) is 4.94. The number of aryl methyl sites for hydroxylation is 1. The summed E-state index contributed by atoms with van der Waals surface area (Å²) in [7, 11) is 1.53. The molecule has 0 saturated carbocycles. The lowest BCUT2D eigenvalue weighted by atomic mass is 10.1. The molecule has 2 aromatic carbocycles. The molecular formula is C25H23F2NO5. The molecule has 0 bridgehead atoms. The van der Waals surface area contributed by atoms with Crippen molar-refractivity contribution in [1.29, 1.82) is 0 Å². The van der Waals surface area contributed by atoms with Crippen LogP contribution >= 0.6 is 0 Å². The summed E-state index contributed by atoms with van der Waals surface area (Å²) in [5.74, 6) is -0.358. The number of benzene rings is 2. The number of hydrogen-bond donors (Lipinski definition) is 0. The highest BCUT2D eigenvalue weighted by Gasteiger charge is 2.18. The third-order valence-electron chi connectivity index (χ3n) is 4.94. The average molecular weight is 455 g/mol. The van der Waals surface area contributed by atoms with Crippen LogP contribution in [0, 0.1) is 13.8 Å². The fraction of sp³-hybridized carbons (Fsp3) is 0.200. The van der Waals surface area contributed by atoms with Gasteiger partial charge in [0.15, 0.2) is 6.61 Å². The van der Waals surface area contributed by atoms with Gasteiger partial charge in [0.2, 0.25) is 5.78 Å². The standard InChI is InChI=1S/C25H23F2NO5/c1-16-14-21(17(2)28(16)19-9-11-20(12-10-19)33-25(26)27)22(29)15-32-24(30)13-8-18-6-4-5-7-23(18)31-3/h4-14,25H,15H2,1-3H3/b13-8+. The molecule has 0 atom stereocenters. The number of para-hydroxylation sites is 1. The van der Waals surface area contributed by atoms with Gasteiger partial charge in [-0.3, -0.25) is 4.79 Å². The van der Waals surface area contributed by atoms with Gasteiger partial charge < -0.3 is 18.8 Å². The van der Waals surface area contributed by atoms with Gasteiger partial charge in [-0.1, -0.05) is 18.2 Å². The zero-order valence-electron chi connectivity index (χ0n) is 18.4. The zero-order valence-corrected chi connectivity index (χ0v) is 18.4. The number of rotatable bonds is 9. The molecule has 0 aliphatic heterocycles. The summed E-state index contributed by atoms with van der Waals surface area (Å²) in [4.78, 5) is 24.7. The summed E-state index contributed by atoms with van der Waals surface area (Å²) in [6.45, 7) is 0.255. The van der Waals surface area contributed by atoms with Crippen LogP contribution < -0.4 is 9.47 Å². The number of alkyl halides is 2. The third kappa shape index (κ3) is 5.85. The number of ether oxygens (including phenoxy) is 3. The van der Waals surface area contributed by atoms with Gasteiger partial charge in [-0.25, -0.2) is 4.79 Å². The molecule has 8 heteroatoms. The normalized spacial score (nSPS) is 11.1. The van der Waals surface area contributed by atoms with E-state index >= 15 is 0 Å². The molecule has 0 N–H and O–H groups in total. The van der Waals surface area contributed by atoms with Gasteiger partial charge in [0.1, 0.15) is 11.5 Å². The van der Waals surface area contributed by atoms with E-state index in [2.05, 4.69) is 4.74 Å². The summed E-state index contributed by atoms with van der Waals surface area (Å²) in [6.07, 6.45) is 2.79. The van der Waals surface area contributed by atoms with E-state index in [4.69, 9.17) is 9.47 Å². The van der Waals surface area contributed by atoms with Crippen molar-refractivity contribution in [2.24, 2.45) is 0 Å². The SMILES string of the molecule is COc1ccccc1/C=C/C(=O)OCC(=O)c1cc(C)n(-c2ccc(OC(F)F)cc2)c1C. The zero-order chi connectivity index (χ0) is 24.0. The number of hydrogen-bond acceptors (Lipinski definition) is 5. The Morgan fingerprint density at radius 1 is 1.06 bits per heavy atom. The van der Waals surface area contributed by atoms with Gasteiger partial charge in [0, 0.05) is 34.3 Å². The van der Waals surface area contributed by atoms with Crippen molar-refractivity contribution in [2.75, 3.05) is 13.7 Å². The van der Waals surface area contributed by atoms with Gasteiger partial charge in [0.25, 0.3) is 0 Å². The molecule has 0 saturated heterocycles. The maximum absolute atomic E-state index is 12.7. The number of carbonyl (C=O) groups excluding carboxylic acids is 2. The molecule has 1 heterocycles. The van der Waals surface area contributed by atoms with E-state index < -0.39 is 19.2 Å². The Balaban J connectivity index is 1.67. The molecule has 0 unspecified atom stereocenters. The number of Topliss-reactive ketones (excluding diaryl/α,β-unsaturated/α-hetero) is 1. The number of esters is 1. The van der Waals surface area contributed by atoms with Gasteiger partial charge in [-0.2, -0.15) is 8.78 Å². The van der Waals surface area contributed by atoms with Crippen LogP contribution in [0.5, 0.6) is 11.5 Å². The molecule has 6 nitrogen and oxygen atoms in total. The highest BCUT2D eigenvalue weighted by molar-refractivity contribution is 6.00. The van der Waals surface area contributed by atoms with Gasteiger partial charge in [0.05, 0.1) is 7.11 Å². The van der Waals surface area contributed by atoms with Crippen molar-refractivity contribution in [3.05, 3.63) is 83.2 Å². The van der Waals surface area contributed by atoms with Gasteiger partial charge >= 0.3 is 12.6 Å². The summed E-state index contributed by atoms with van der Waals surface area (Å²) in [5.41, 5.74) is 3.20. The van der Waals surface area contributed by atoms with Crippen LogP contribution in [0.15, 0.2) is 60.7 Å². The smallest absolute Gasteiger partial charge is 0.387 e. The van der Waals surface area contributed by atoms with Crippen LogP contribution in [0.1, 0.15) is 27.3 Å². The van der Waals surface area contributed by atoms with E-state index in [1.807, 2.05) is 23.6 Å². The topological polar surface area (TPSA) is 66.8 Å². The largest absolute Gasteiger partial charge is 0.496 e. The predicted molar refractivity (Wildman–Crippen MR) is 119 cm³/mol. The van der Waals surface area contributed by atoms with Crippen molar-refractivity contribution >= 4 is 17.8 Å². The number of ketones is 1. The Morgan fingerprint density at radius 2 is 1.76 bits per heavy atom. The monoisotopic (exact) mass is 455 g/mol. The first kappa shape index (κ1) is 23.7. The van der Waals surface area contributed by atoms with E-state index in [1.165, 1.54) is 25.3 Å². The fourth-order valence-electron chi connectivity index (χ4n) is 3.44. The molecule has 172 valence electrons. The number of carbonyl (C=O) groups is 2. The Hall–Kier alpha value is -3.94. The second-order valence-corrected chi connectivity index (χ2v) is 7.10. The lowest BCUT2D eigenvalue weighted by Gasteiger charge is -2.11. The van der Waals surface area contributed by atoms with Crippen molar-refractivity contribution in [3.8, 4) is 17.2 Å². The van der Waals surface area contributed by atoms with Gasteiger partial charge in [-0.15, -0.1) is 0 Å². The Bertz CT molecular complexity index is 1170. The molecule has 0 aliphatic rings. The molecule has 33 heavy (non-hydrogen) atoms. The lowest BCUT2D eigenvalue weighted by Crippen LogP contribution is -2.13. The minimum absolute atomic E-state index is 0.0422. The van der Waals surface area contributed by atoms with E-state index in [0.29, 0.717) is 28.3 Å². The van der Waals surface area contributed by atoms with E-state index in [0.717, 1.165) is 5.69 Å². The summed E-state index contributed by atoms with van der Waals surface area (Å²) in [6, 6.07) is 15.0. The van der Waals surface area contributed by atoms with E-state index in [-0.39, 0.29) is 11.5 Å². The highest BCUT2D eigenvalue weighted by atomic mass is 19.3. The fourth-order valence-corrected chi connectivity index (χ4v) is 3.44. The molecular weight excluding hydrogens is 432 g/mol. The highest BCUT2D eigenvalue weighted by Crippen LogP contribution is 2.24. The molecule has 0 amide bonds. The van der Waals surface area contributed by atoms with Crippen LogP contribution in [0.25, 0.3) is 11.8 Å². The van der Waals surface area contributed by atoms with Crippen LogP contribution in [0.2, 0.25) is 0 Å². The van der Waals surface area contributed by atoms with Crippen molar-refractivity contribution < 1.29 is 32.6 Å². The summed E-state index contributed by atoms with van der Waals surface area (Å²) < 4.78 is 41.2. The molecule has 0 radical (unpaired) electrons. The van der Waals surface area contributed by atoms with E-state index in [1.54, 1.807) is 43.3 Å². The molecule has 1 aromatic heterocycles. The molecule has 0 aliphatic carbocycles. The van der Waals surface area contributed by atoms with Crippen LogP contribution in [0.3, 0.4) is 0 Å². The maximum atomic E-state index is 12.7. The second-order valence-electron chi connectivity index (χ2n) is 7.10. The molecule has 0 spiro atoms. The second kappa shape index (κ2) is 10.6. The molecule has 0 fully saturated rings. The minimum atomic E-state index is -2.90. The van der Waals surface area contributed by atoms with Crippen molar-refractivity contribution in [3.63, 3.8) is 0 Å². The minimum Gasteiger partial charge on any atom is -0.496 e. The van der Waals surface area contributed by atoms with Crippen LogP contribution in [-0.4, -0.2) is 36.6 Å². The summed E-state index contributed by atoms with van der Waals surface area (Å²) in [5, 5.41) is 0. The number of methoxy groups -OCH3 is 1. The molecule has 3 aromatic rings. The van der Waals surface area contributed by atoms with Crippen LogP contribution in [-0.2, 0) is 9.53 Å². The molecule has 3 rings (SSSR count). The number of nitrogens with zero attached hydrogens (tertiary/aromatic N) is 1. The quantitative estimate of drug-likeness (QED) is 0.254. The first-order chi connectivity index (χ1) is 15.8. The Labute approximate surface area is 190 Å². The van der Waals surface area contributed by atoms with E-state index in [9.17, 15) is 18.4 Å². The Kier molecular flexibility index (Phi) is 7.61. The number of aromatic nitrogens is 1. The number of halogens is 2. The first-order valence-electron chi connectivity index (χ1n) is 10.1. The van der Waals surface area contributed by atoms with Crippen molar-refractivity contribution in [1.82, 2.24) is 4.57 Å². The Morgan fingerprint density at radius 3 is 2.42 bits per heavy atom. The van der Waals surface area contributed by atoms with Crippen molar-refractivity contribution in [2.45, 2.75) is 20.5 Å². The van der Waals surface area contributed by atoms with Crippen LogP contribution in [0.4, 0.5) is 8.78 Å². The predicted octanol–water partition coefficient (Wildman–Crippen LogP) is 5.14. The van der Waals surface area contributed by atoms with Gasteiger partial charge in [-0.05, 0) is 56.3 Å². The maximum Gasteiger partial charge on any atom is 0.387 e. The average Bonchev–Trinajstić information content (AvgIpc) is 3.10.